The molecule has 3 atom stereocenters. The van der Waals surface area contributed by atoms with E-state index in [-0.39, 0.29) is 18.1 Å². The molecule has 2 fully saturated rings. The van der Waals surface area contributed by atoms with E-state index in [9.17, 15) is 4.79 Å². The number of aryl methyl sites for hydroxylation is 2. The van der Waals surface area contributed by atoms with Crippen molar-refractivity contribution in [1.29, 1.82) is 0 Å². The normalized spacial score (nSPS) is 21.1. The standard InChI is InChI=1S/C30H30N6O2/c1-18-26(16-35(2)34-18)28-12-11-19(32-33-28)15-36(29-24-13-31-14-25(24)29)30(37)38-17-27-22-9-5-3-7-20(22)21-8-4-6-10-23(21)27/h3-12,16,24-25,27,29,31H,13-15,17H2,1-2H3/t24-,25+,29?. The highest BCUT2D eigenvalue weighted by molar-refractivity contribution is 5.79. The fourth-order valence-corrected chi connectivity index (χ4v) is 6.43. The second-order valence-electron chi connectivity index (χ2n) is 10.6. The van der Waals surface area contributed by atoms with E-state index in [2.05, 4.69) is 69.1 Å². The zero-order chi connectivity index (χ0) is 25.8. The average molecular weight is 507 g/mol. The molecule has 2 aliphatic carbocycles. The van der Waals surface area contributed by atoms with E-state index in [0.717, 1.165) is 35.7 Å². The lowest BCUT2D eigenvalue weighted by atomic mass is 9.98. The van der Waals surface area contributed by atoms with Gasteiger partial charge in [-0.15, -0.1) is 0 Å². The van der Waals surface area contributed by atoms with Crippen molar-refractivity contribution in [1.82, 2.24) is 30.2 Å². The summed E-state index contributed by atoms with van der Waals surface area (Å²) in [6.45, 7) is 4.53. The first-order valence-corrected chi connectivity index (χ1v) is 13.2. The van der Waals surface area contributed by atoms with Crippen molar-refractivity contribution in [3.8, 4) is 22.4 Å². The Morgan fingerprint density at radius 2 is 1.66 bits per heavy atom. The van der Waals surface area contributed by atoms with Crippen LogP contribution in [0.5, 0.6) is 0 Å². The van der Waals surface area contributed by atoms with Crippen LogP contribution in [-0.4, -0.2) is 56.7 Å². The average Bonchev–Trinajstić information content (AvgIpc) is 3.23. The summed E-state index contributed by atoms with van der Waals surface area (Å²) < 4.78 is 7.84. The number of benzene rings is 2. The third kappa shape index (κ3) is 3.87. The van der Waals surface area contributed by atoms with Crippen LogP contribution in [0.1, 0.15) is 28.4 Å². The van der Waals surface area contributed by atoms with E-state index in [0.29, 0.717) is 25.0 Å². The number of ether oxygens (including phenoxy) is 1. The number of carbonyl (C=O) groups excluding carboxylic acids is 1. The molecule has 1 N–H and O–H groups in total. The van der Waals surface area contributed by atoms with Gasteiger partial charge in [-0.05, 0) is 53.1 Å². The molecular formula is C30H30N6O2. The number of piperidine rings is 1. The lowest BCUT2D eigenvalue weighted by molar-refractivity contribution is 0.0895. The van der Waals surface area contributed by atoms with Gasteiger partial charge in [0.25, 0.3) is 0 Å². The monoisotopic (exact) mass is 506 g/mol. The molecule has 1 unspecified atom stereocenters. The lowest BCUT2D eigenvalue weighted by Crippen LogP contribution is -2.38. The number of nitrogens with one attached hydrogen (secondary N) is 1. The van der Waals surface area contributed by atoms with Gasteiger partial charge in [-0.1, -0.05) is 48.5 Å². The molecule has 7 rings (SSSR count). The summed E-state index contributed by atoms with van der Waals surface area (Å²) in [5.74, 6) is 0.983. The van der Waals surface area contributed by atoms with Gasteiger partial charge in [0.1, 0.15) is 6.61 Å². The molecule has 38 heavy (non-hydrogen) atoms. The van der Waals surface area contributed by atoms with E-state index in [1.807, 2.05) is 37.2 Å². The number of rotatable bonds is 6. The molecule has 1 amide bonds. The fourth-order valence-electron chi connectivity index (χ4n) is 6.43. The van der Waals surface area contributed by atoms with Crippen molar-refractivity contribution in [2.45, 2.75) is 25.4 Å². The van der Waals surface area contributed by atoms with Gasteiger partial charge in [-0.25, -0.2) is 4.79 Å². The molecule has 3 aliphatic rings. The summed E-state index contributed by atoms with van der Waals surface area (Å²) in [5.41, 5.74) is 8.28. The zero-order valence-corrected chi connectivity index (χ0v) is 21.5. The number of carbonyl (C=O) groups is 1. The second-order valence-corrected chi connectivity index (χ2v) is 10.6. The van der Waals surface area contributed by atoms with Crippen LogP contribution >= 0.6 is 0 Å². The smallest absolute Gasteiger partial charge is 0.410 e. The van der Waals surface area contributed by atoms with Crippen LogP contribution in [0.3, 0.4) is 0 Å². The zero-order valence-electron chi connectivity index (χ0n) is 21.5. The summed E-state index contributed by atoms with van der Waals surface area (Å²) in [7, 11) is 1.89. The Kier molecular flexibility index (Phi) is 5.51. The van der Waals surface area contributed by atoms with E-state index in [4.69, 9.17) is 4.74 Å². The number of nitrogens with zero attached hydrogens (tertiary/aromatic N) is 5. The van der Waals surface area contributed by atoms with Crippen LogP contribution in [-0.2, 0) is 18.3 Å². The maximum absolute atomic E-state index is 13.6. The Balaban J connectivity index is 1.10. The molecule has 192 valence electrons. The largest absolute Gasteiger partial charge is 0.448 e. The molecule has 4 aromatic rings. The maximum atomic E-state index is 13.6. The van der Waals surface area contributed by atoms with Crippen LogP contribution in [0.4, 0.5) is 4.79 Å². The summed E-state index contributed by atoms with van der Waals surface area (Å²) in [6.07, 6.45) is 1.67. The van der Waals surface area contributed by atoms with Gasteiger partial charge in [0.05, 0.1) is 23.6 Å². The summed E-state index contributed by atoms with van der Waals surface area (Å²) in [5, 5.41) is 16.8. The SMILES string of the molecule is Cc1nn(C)cc1-c1ccc(CN(C(=O)OCC2c3ccccc3-c3ccccc32)C2[C@H]3CNC[C@@H]23)nn1. The minimum absolute atomic E-state index is 0.0374. The molecule has 8 heteroatoms. The lowest BCUT2D eigenvalue weighted by Gasteiger charge is -2.25. The molecule has 1 saturated carbocycles. The van der Waals surface area contributed by atoms with Crippen molar-refractivity contribution in [3.63, 3.8) is 0 Å². The van der Waals surface area contributed by atoms with Crippen LogP contribution < -0.4 is 5.32 Å². The van der Waals surface area contributed by atoms with Crippen LogP contribution in [0.15, 0.2) is 66.9 Å². The quantitative estimate of drug-likeness (QED) is 0.423. The van der Waals surface area contributed by atoms with Crippen molar-refractivity contribution in [2.75, 3.05) is 19.7 Å². The fraction of sp³-hybridized carbons (Fsp3) is 0.333. The minimum Gasteiger partial charge on any atom is -0.448 e. The second kappa shape index (κ2) is 9.06. The van der Waals surface area contributed by atoms with Crippen LogP contribution in [0, 0.1) is 18.8 Å². The van der Waals surface area contributed by atoms with Crippen molar-refractivity contribution < 1.29 is 9.53 Å². The highest BCUT2D eigenvalue weighted by Gasteiger charge is 2.57. The Morgan fingerprint density at radius 3 is 2.26 bits per heavy atom. The Labute approximate surface area is 221 Å². The number of hydrogen-bond donors (Lipinski definition) is 1. The molecule has 1 aliphatic heterocycles. The van der Waals surface area contributed by atoms with Gasteiger partial charge in [-0.3, -0.25) is 9.58 Å². The molecule has 0 bridgehead atoms. The number of aromatic nitrogens is 4. The Morgan fingerprint density at radius 1 is 0.974 bits per heavy atom. The molecule has 0 radical (unpaired) electrons. The van der Waals surface area contributed by atoms with E-state index >= 15 is 0 Å². The van der Waals surface area contributed by atoms with Crippen LogP contribution in [0.2, 0.25) is 0 Å². The molecule has 1 saturated heterocycles. The van der Waals surface area contributed by atoms with Crippen molar-refractivity contribution in [2.24, 2.45) is 18.9 Å². The third-order valence-corrected chi connectivity index (χ3v) is 8.32. The van der Waals surface area contributed by atoms with E-state index in [1.165, 1.54) is 22.3 Å². The molecule has 3 heterocycles. The van der Waals surface area contributed by atoms with Gasteiger partial charge in [-0.2, -0.15) is 15.3 Å². The number of fused-ring (bicyclic) bond motifs is 4. The number of amides is 1. The van der Waals surface area contributed by atoms with Crippen molar-refractivity contribution >= 4 is 6.09 Å². The highest BCUT2D eigenvalue weighted by atomic mass is 16.6. The van der Waals surface area contributed by atoms with Gasteiger partial charge in [0, 0.05) is 43.9 Å². The minimum atomic E-state index is -0.278. The van der Waals surface area contributed by atoms with Gasteiger partial charge >= 0.3 is 6.09 Å². The number of hydrogen-bond acceptors (Lipinski definition) is 6. The molecule has 2 aromatic carbocycles. The predicted molar refractivity (Wildman–Crippen MR) is 143 cm³/mol. The van der Waals surface area contributed by atoms with Gasteiger partial charge in [0.15, 0.2) is 0 Å². The molecule has 2 aromatic heterocycles. The summed E-state index contributed by atoms with van der Waals surface area (Å²) in [4.78, 5) is 15.5. The van der Waals surface area contributed by atoms with Gasteiger partial charge in [0.2, 0.25) is 0 Å². The molecule has 8 nitrogen and oxygen atoms in total. The Hall–Kier alpha value is -4.04. The first kappa shape index (κ1) is 23.1. The van der Waals surface area contributed by atoms with Crippen molar-refractivity contribution in [3.05, 3.63) is 89.4 Å². The summed E-state index contributed by atoms with van der Waals surface area (Å²) in [6, 6.07) is 20.9. The predicted octanol–water partition coefficient (Wildman–Crippen LogP) is 4.15. The molecule has 0 spiro atoms. The first-order valence-electron chi connectivity index (χ1n) is 13.2. The Bertz CT molecular complexity index is 1460. The van der Waals surface area contributed by atoms with E-state index in [1.54, 1.807) is 4.68 Å². The first-order chi connectivity index (χ1) is 18.6. The maximum Gasteiger partial charge on any atom is 0.410 e. The molecular weight excluding hydrogens is 476 g/mol. The van der Waals surface area contributed by atoms with E-state index < -0.39 is 0 Å². The van der Waals surface area contributed by atoms with Gasteiger partial charge < -0.3 is 10.1 Å². The third-order valence-electron chi connectivity index (χ3n) is 8.32. The topological polar surface area (TPSA) is 85.2 Å². The summed E-state index contributed by atoms with van der Waals surface area (Å²) >= 11 is 0. The van der Waals surface area contributed by atoms with Crippen LogP contribution in [0.25, 0.3) is 22.4 Å². The highest BCUT2D eigenvalue weighted by Crippen LogP contribution is 2.47.